The van der Waals surface area contributed by atoms with Crippen LogP contribution in [0.15, 0.2) is 46.9 Å². The predicted octanol–water partition coefficient (Wildman–Crippen LogP) is 3.88. The van der Waals surface area contributed by atoms with E-state index in [1.807, 2.05) is 0 Å². The fraction of sp³-hybridized carbons (Fsp3) is 0.0769. The number of nitro benzene ring substituents is 2. The van der Waals surface area contributed by atoms with E-state index >= 15 is 0 Å². The summed E-state index contributed by atoms with van der Waals surface area (Å²) in [6.45, 7) is 0.204. The van der Waals surface area contributed by atoms with Gasteiger partial charge in [-0.2, -0.15) is 0 Å². The van der Waals surface area contributed by atoms with Gasteiger partial charge in [0.2, 0.25) is 0 Å². The van der Waals surface area contributed by atoms with Gasteiger partial charge in [0.05, 0.1) is 14.3 Å². The Labute approximate surface area is 128 Å². The van der Waals surface area contributed by atoms with Gasteiger partial charge >= 0.3 is 0 Å². The molecule has 0 amide bonds. The van der Waals surface area contributed by atoms with Gasteiger partial charge in [-0.25, -0.2) is 0 Å². The standard InChI is InChI=1S/C13H10BrN3O4/c14-11-6-5-10(7-13(11)17(20)21)15-8-9-3-1-2-4-12(9)16(18)19/h1-7,15H,8H2. The van der Waals surface area contributed by atoms with Crippen LogP contribution in [0.3, 0.4) is 0 Å². The molecule has 0 radical (unpaired) electrons. The summed E-state index contributed by atoms with van der Waals surface area (Å²) in [7, 11) is 0. The van der Waals surface area contributed by atoms with Crippen molar-refractivity contribution in [1.82, 2.24) is 0 Å². The lowest BCUT2D eigenvalue weighted by molar-refractivity contribution is -0.385. The van der Waals surface area contributed by atoms with Crippen LogP contribution in [0, 0.1) is 20.2 Å². The maximum absolute atomic E-state index is 10.9. The third kappa shape index (κ3) is 3.54. The molecule has 0 heterocycles. The second kappa shape index (κ2) is 6.31. The van der Waals surface area contributed by atoms with Gasteiger partial charge in [0.1, 0.15) is 0 Å². The molecule has 108 valence electrons. The Morgan fingerprint density at radius 1 is 1.00 bits per heavy atom. The monoisotopic (exact) mass is 351 g/mol. The van der Waals surface area contributed by atoms with Crippen LogP contribution in [0.1, 0.15) is 5.56 Å². The Morgan fingerprint density at radius 3 is 2.33 bits per heavy atom. The van der Waals surface area contributed by atoms with Crippen molar-refractivity contribution in [2.75, 3.05) is 5.32 Å². The summed E-state index contributed by atoms with van der Waals surface area (Å²) in [6, 6.07) is 10.9. The van der Waals surface area contributed by atoms with Crippen molar-refractivity contribution < 1.29 is 9.85 Å². The SMILES string of the molecule is O=[N+]([O-])c1cc(NCc2ccccc2[N+](=O)[O-])ccc1Br. The molecule has 2 aromatic rings. The molecule has 0 unspecified atom stereocenters. The summed E-state index contributed by atoms with van der Waals surface area (Å²) in [5.41, 5.74) is 0.968. The largest absolute Gasteiger partial charge is 0.380 e. The molecule has 2 rings (SSSR count). The van der Waals surface area contributed by atoms with Crippen molar-refractivity contribution in [1.29, 1.82) is 0 Å². The van der Waals surface area contributed by atoms with Crippen LogP contribution in [0.4, 0.5) is 17.1 Å². The summed E-state index contributed by atoms with van der Waals surface area (Å²) in [6.07, 6.45) is 0. The summed E-state index contributed by atoms with van der Waals surface area (Å²) in [4.78, 5) is 20.8. The number of hydrogen-bond acceptors (Lipinski definition) is 5. The van der Waals surface area contributed by atoms with Crippen LogP contribution in [0.5, 0.6) is 0 Å². The first-order valence-corrected chi connectivity index (χ1v) is 6.68. The Bertz CT molecular complexity index is 706. The fourth-order valence-corrected chi connectivity index (χ4v) is 2.19. The second-order valence-electron chi connectivity index (χ2n) is 4.16. The lowest BCUT2D eigenvalue weighted by atomic mass is 10.1. The summed E-state index contributed by atoms with van der Waals surface area (Å²) < 4.78 is 0.378. The minimum atomic E-state index is -0.500. The van der Waals surface area contributed by atoms with Gasteiger partial charge in [-0.3, -0.25) is 20.2 Å². The van der Waals surface area contributed by atoms with Gasteiger partial charge in [-0.1, -0.05) is 18.2 Å². The zero-order valence-corrected chi connectivity index (χ0v) is 12.2. The molecule has 0 aliphatic carbocycles. The number of anilines is 1. The first-order chi connectivity index (χ1) is 9.99. The number of para-hydroxylation sites is 1. The number of nitro groups is 2. The topological polar surface area (TPSA) is 98.3 Å². The van der Waals surface area contributed by atoms with Crippen molar-refractivity contribution in [2.45, 2.75) is 6.54 Å². The normalized spacial score (nSPS) is 10.1. The van der Waals surface area contributed by atoms with Gasteiger partial charge in [-0.15, -0.1) is 0 Å². The van der Waals surface area contributed by atoms with Crippen molar-refractivity contribution in [2.24, 2.45) is 0 Å². The van der Waals surface area contributed by atoms with E-state index in [4.69, 9.17) is 0 Å². The van der Waals surface area contributed by atoms with Gasteiger partial charge in [0, 0.05) is 29.9 Å². The van der Waals surface area contributed by atoms with Crippen molar-refractivity contribution in [3.63, 3.8) is 0 Å². The van der Waals surface area contributed by atoms with Crippen LogP contribution in [0.2, 0.25) is 0 Å². The Kier molecular flexibility index (Phi) is 4.49. The van der Waals surface area contributed by atoms with Gasteiger partial charge in [0.15, 0.2) is 0 Å². The van der Waals surface area contributed by atoms with Crippen molar-refractivity contribution in [3.8, 4) is 0 Å². The molecule has 0 saturated heterocycles. The van der Waals surface area contributed by atoms with Crippen molar-refractivity contribution >= 4 is 33.0 Å². The highest BCUT2D eigenvalue weighted by atomic mass is 79.9. The zero-order chi connectivity index (χ0) is 15.4. The molecule has 8 heteroatoms. The number of nitrogens with zero attached hydrogens (tertiary/aromatic N) is 2. The first kappa shape index (κ1) is 14.9. The van der Waals surface area contributed by atoms with Crippen LogP contribution >= 0.6 is 15.9 Å². The molecular formula is C13H10BrN3O4. The van der Waals surface area contributed by atoms with Crippen LogP contribution in [-0.2, 0) is 6.54 Å². The summed E-state index contributed by atoms with van der Waals surface area (Å²) in [5.74, 6) is 0. The number of rotatable bonds is 5. The molecule has 0 bridgehead atoms. The van der Waals surface area contributed by atoms with E-state index in [0.717, 1.165) is 0 Å². The molecular weight excluding hydrogens is 342 g/mol. The summed E-state index contributed by atoms with van der Waals surface area (Å²) in [5, 5.41) is 24.7. The third-order valence-corrected chi connectivity index (χ3v) is 3.48. The van der Waals surface area contributed by atoms with E-state index in [1.165, 1.54) is 12.1 Å². The highest BCUT2D eigenvalue weighted by Crippen LogP contribution is 2.28. The number of benzene rings is 2. The van der Waals surface area contributed by atoms with Gasteiger partial charge in [0.25, 0.3) is 11.4 Å². The van der Waals surface area contributed by atoms with Gasteiger partial charge < -0.3 is 5.32 Å². The van der Waals surface area contributed by atoms with Crippen LogP contribution in [-0.4, -0.2) is 9.85 Å². The van der Waals surface area contributed by atoms with E-state index in [2.05, 4.69) is 21.2 Å². The maximum Gasteiger partial charge on any atom is 0.285 e. The third-order valence-electron chi connectivity index (χ3n) is 2.81. The van der Waals surface area contributed by atoms with E-state index in [9.17, 15) is 20.2 Å². The van der Waals surface area contributed by atoms with E-state index in [0.29, 0.717) is 15.7 Å². The quantitative estimate of drug-likeness (QED) is 0.650. The first-order valence-electron chi connectivity index (χ1n) is 5.89. The van der Waals surface area contributed by atoms with Gasteiger partial charge in [-0.05, 0) is 28.1 Å². The Balaban J connectivity index is 2.19. The average Bonchev–Trinajstić information content (AvgIpc) is 2.46. The Morgan fingerprint density at radius 2 is 1.67 bits per heavy atom. The minimum absolute atomic E-state index is 0.0108. The highest BCUT2D eigenvalue weighted by Gasteiger charge is 2.14. The Hall–Kier alpha value is -2.48. The molecule has 7 nitrogen and oxygen atoms in total. The van der Waals surface area contributed by atoms with E-state index in [1.54, 1.807) is 30.3 Å². The lowest BCUT2D eigenvalue weighted by Gasteiger charge is -2.07. The van der Waals surface area contributed by atoms with Crippen molar-refractivity contribution in [3.05, 3.63) is 72.7 Å². The molecule has 21 heavy (non-hydrogen) atoms. The molecule has 0 fully saturated rings. The number of nitrogens with one attached hydrogen (secondary N) is 1. The minimum Gasteiger partial charge on any atom is -0.380 e. The summed E-state index contributed by atoms with van der Waals surface area (Å²) >= 11 is 3.10. The molecule has 0 aromatic heterocycles. The second-order valence-corrected chi connectivity index (χ2v) is 5.02. The fourth-order valence-electron chi connectivity index (χ4n) is 1.80. The smallest absolute Gasteiger partial charge is 0.285 e. The number of halogens is 1. The molecule has 0 atom stereocenters. The van der Waals surface area contributed by atoms with E-state index in [-0.39, 0.29) is 17.9 Å². The molecule has 0 aliphatic rings. The number of hydrogen-bond donors (Lipinski definition) is 1. The van der Waals surface area contributed by atoms with Crippen LogP contribution in [0.25, 0.3) is 0 Å². The molecule has 1 N–H and O–H groups in total. The molecule has 0 spiro atoms. The molecule has 0 aliphatic heterocycles. The average molecular weight is 352 g/mol. The van der Waals surface area contributed by atoms with Crippen LogP contribution < -0.4 is 5.32 Å². The zero-order valence-electron chi connectivity index (χ0n) is 10.7. The lowest BCUT2D eigenvalue weighted by Crippen LogP contribution is -2.03. The maximum atomic E-state index is 10.9. The highest BCUT2D eigenvalue weighted by molar-refractivity contribution is 9.10. The molecule has 2 aromatic carbocycles. The predicted molar refractivity (Wildman–Crippen MR) is 81.2 cm³/mol. The van der Waals surface area contributed by atoms with E-state index < -0.39 is 9.85 Å². The molecule has 0 saturated carbocycles.